The van der Waals surface area contributed by atoms with E-state index in [1.165, 1.54) is 25.3 Å². The van der Waals surface area contributed by atoms with Crippen molar-refractivity contribution in [2.75, 3.05) is 19.7 Å². The van der Waals surface area contributed by atoms with Crippen molar-refractivity contribution >= 4 is 5.97 Å². The zero-order valence-electron chi connectivity index (χ0n) is 10.4. The first-order chi connectivity index (χ1) is 7.74. The van der Waals surface area contributed by atoms with Crippen molar-refractivity contribution < 1.29 is 9.53 Å². The van der Waals surface area contributed by atoms with E-state index in [-0.39, 0.29) is 5.97 Å². The van der Waals surface area contributed by atoms with Crippen molar-refractivity contribution in [3.8, 4) is 0 Å². The summed E-state index contributed by atoms with van der Waals surface area (Å²) in [6.45, 7) is 6.39. The minimum absolute atomic E-state index is 0.251. The number of ether oxygens (including phenoxy) is 1. The summed E-state index contributed by atoms with van der Waals surface area (Å²) in [4.78, 5) is 11.0. The summed E-state index contributed by atoms with van der Waals surface area (Å²) < 4.78 is 4.79. The smallest absolute Gasteiger partial charge is 0.330 e. The molecule has 0 aliphatic heterocycles. The van der Waals surface area contributed by atoms with Gasteiger partial charge >= 0.3 is 5.97 Å². The van der Waals surface area contributed by atoms with E-state index in [4.69, 9.17) is 4.74 Å². The molecule has 1 aliphatic rings. The van der Waals surface area contributed by atoms with E-state index in [0.29, 0.717) is 6.61 Å². The molecule has 1 saturated carbocycles. The standard InChI is InChI=1S/C13H23NO2/c1-3-16-13(15)8-5-9-14-10-12-7-4-6-11(12)2/h5,8,11-12,14H,3-4,6-7,9-10H2,1-2H3/b8-5+. The van der Waals surface area contributed by atoms with Gasteiger partial charge in [-0.25, -0.2) is 4.79 Å². The van der Waals surface area contributed by atoms with Gasteiger partial charge in [0.05, 0.1) is 6.61 Å². The third-order valence-electron chi connectivity index (χ3n) is 3.25. The van der Waals surface area contributed by atoms with Crippen LogP contribution < -0.4 is 5.32 Å². The number of nitrogens with one attached hydrogen (secondary N) is 1. The molecule has 0 amide bonds. The van der Waals surface area contributed by atoms with E-state index in [9.17, 15) is 4.79 Å². The molecule has 16 heavy (non-hydrogen) atoms. The lowest BCUT2D eigenvalue weighted by atomic mass is 9.98. The van der Waals surface area contributed by atoms with Crippen molar-refractivity contribution in [1.82, 2.24) is 5.32 Å². The SMILES string of the molecule is CCOC(=O)/C=C/CNCC1CCCC1C. The van der Waals surface area contributed by atoms with Gasteiger partial charge in [0, 0.05) is 12.6 Å². The molecule has 2 unspecified atom stereocenters. The molecule has 0 spiro atoms. The van der Waals surface area contributed by atoms with Gasteiger partial charge in [-0.1, -0.05) is 25.8 Å². The number of esters is 1. The molecule has 1 aliphatic carbocycles. The molecule has 0 aromatic carbocycles. The molecule has 0 aromatic rings. The summed E-state index contributed by atoms with van der Waals surface area (Å²) in [5, 5.41) is 3.36. The Bertz CT molecular complexity index is 238. The molecule has 0 aromatic heterocycles. The highest BCUT2D eigenvalue weighted by molar-refractivity contribution is 5.81. The summed E-state index contributed by atoms with van der Waals surface area (Å²) in [6, 6.07) is 0. The molecule has 0 saturated heterocycles. The molecule has 1 N–H and O–H groups in total. The highest BCUT2D eigenvalue weighted by Gasteiger charge is 2.22. The summed E-state index contributed by atoms with van der Waals surface area (Å²) >= 11 is 0. The molecule has 2 atom stereocenters. The predicted molar refractivity (Wildman–Crippen MR) is 65.1 cm³/mol. The van der Waals surface area contributed by atoms with Crippen molar-refractivity contribution in [2.24, 2.45) is 11.8 Å². The van der Waals surface area contributed by atoms with Crippen LogP contribution in [0.15, 0.2) is 12.2 Å². The Morgan fingerprint density at radius 2 is 2.31 bits per heavy atom. The number of hydrogen-bond acceptors (Lipinski definition) is 3. The van der Waals surface area contributed by atoms with Crippen LogP contribution >= 0.6 is 0 Å². The second-order valence-electron chi connectivity index (χ2n) is 4.48. The average molecular weight is 225 g/mol. The minimum Gasteiger partial charge on any atom is -0.463 e. The lowest BCUT2D eigenvalue weighted by molar-refractivity contribution is -0.137. The van der Waals surface area contributed by atoms with Crippen LogP contribution in [0.3, 0.4) is 0 Å². The highest BCUT2D eigenvalue weighted by atomic mass is 16.5. The normalized spacial score (nSPS) is 25.1. The minimum atomic E-state index is -0.251. The Morgan fingerprint density at radius 1 is 1.50 bits per heavy atom. The molecule has 0 bridgehead atoms. The van der Waals surface area contributed by atoms with E-state index in [2.05, 4.69) is 12.2 Å². The van der Waals surface area contributed by atoms with Gasteiger partial charge < -0.3 is 10.1 Å². The zero-order chi connectivity index (χ0) is 11.8. The summed E-state index contributed by atoms with van der Waals surface area (Å²) in [6.07, 6.45) is 7.40. The van der Waals surface area contributed by atoms with Crippen LogP contribution in [-0.4, -0.2) is 25.7 Å². The zero-order valence-corrected chi connectivity index (χ0v) is 10.4. The molecule has 1 rings (SSSR count). The second-order valence-corrected chi connectivity index (χ2v) is 4.48. The van der Waals surface area contributed by atoms with E-state index in [1.54, 1.807) is 0 Å². The van der Waals surface area contributed by atoms with Crippen LogP contribution in [0.2, 0.25) is 0 Å². The van der Waals surface area contributed by atoms with E-state index in [1.807, 2.05) is 13.0 Å². The Morgan fingerprint density at radius 3 is 2.94 bits per heavy atom. The quantitative estimate of drug-likeness (QED) is 0.427. The first-order valence-electron chi connectivity index (χ1n) is 6.28. The summed E-state index contributed by atoms with van der Waals surface area (Å²) in [5.41, 5.74) is 0. The van der Waals surface area contributed by atoms with E-state index < -0.39 is 0 Å². The van der Waals surface area contributed by atoms with Gasteiger partial charge in [-0.15, -0.1) is 0 Å². The first-order valence-corrected chi connectivity index (χ1v) is 6.28. The molecule has 3 nitrogen and oxygen atoms in total. The maximum atomic E-state index is 11.0. The molecule has 3 heteroatoms. The fraction of sp³-hybridized carbons (Fsp3) is 0.769. The Balaban J connectivity index is 2.05. The number of carbonyl (C=O) groups is 1. The Kier molecular flexibility index (Phi) is 6.16. The predicted octanol–water partition coefficient (Wildman–Crippen LogP) is 2.13. The van der Waals surface area contributed by atoms with Crippen molar-refractivity contribution in [2.45, 2.75) is 33.1 Å². The van der Waals surface area contributed by atoms with Gasteiger partial charge in [0.15, 0.2) is 0 Å². The largest absolute Gasteiger partial charge is 0.463 e. The van der Waals surface area contributed by atoms with Crippen LogP contribution in [0.1, 0.15) is 33.1 Å². The van der Waals surface area contributed by atoms with Gasteiger partial charge in [-0.2, -0.15) is 0 Å². The Hall–Kier alpha value is -0.830. The van der Waals surface area contributed by atoms with Gasteiger partial charge in [-0.05, 0) is 31.7 Å². The maximum Gasteiger partial charge on any atom is 0.330 e. The fourth-order valence-electron chi connectivity index (χ4n) is 2.22. The van der Waals surface area contributed by atoms with Crippen LogP contribution in [0, 0.1) is 11.8 Å². The fourth-order valence-corrected chi connectivity index (χ4v) is 2.22. The molecule has 1 fully saturated rings. The third-order valence-corrected chi connectivity index (χ3v) is 3.25. The third kappa shape index (κ3) is 4.79. The van der Waals surface area contributed by atoms with Gasteiger partial charge in [-0.3, -0.25) is 0 Å². The summed E-state index contributed by atoms with van der Waals surface area (Å²) in [5.74, 6) is 1.41. The van der Waals surface area contributed by atoms with Gasteiger partial charge in [0.2, 0.25) is 0 Å². The second kappa shape index (κ2) is 7.44. The molecular formula is C13H23NO2. The van der Waals surface area contributed by atoms with Crippen LogP contribution in [-0.2, 0) is 9.53 Å². The monoisotopic (exact) mass is 225 g/mol. The lowest BCUT2D eigenvalue weighted by Crippen LogP contribution is -2.24. The number of carbonyl (C=O) groups excluding carboxylic acids is 1. The van der Waals surface area contributed by atoms with E-state index >= 15 is 0 Å². The van der Waals surface area contributed by atoms with Crippen molar-refractivity contribution in [3.05, 3.63) is 12.2 Å². The van der Waals surface area contributed by atoms with Crippen LogP contribution in [0.4, 0.5) is 0 Å². The molecule has 0 heterocycles. The summed E-state index contributed by atoms with van der Waals surface area (Å²) in [7, 11) is 0. The number of rotatable bonds is 6. The van der Waals surface area contributed by atoms with Gasteiger partial charge in [0.25, 0.3) is 0 Å². The lowest BCUT2D eigenvalue weighted by Gasteiger charge is -2.14. The number of hydrogen-bond donors (Lipinski definition) is 1. The topological polar surface area (TPSA) is 38.3 Å². The molecule has 0 radical (unpaired) electrons. The van der Waals surface area contributed by atoms with Crippen LogP contribution in [0.5, 0.6) is 0 Å². The average Bonchev–Trinajstić information content (AvgIpc) is 2.64. The molecule has 92 valence electrons. The van der Waals surface area contributed by atoms with E-state index in [0.717, 1.165) is 24.9 Å². The van der Waals surface area contributed by atoms with Crippen molar-refractivity contribution in [3.63, 3.8) is 0 Å². The van der Waals surface area contributed by atoms with Gasteiger partial charge in [0.1, 0.15) is 0 Å². The highest BCUT2D eigenvalue weighted by Crippen LogP contribution is 2.30. The maximum absolute atomic E-state index is 11.0. The molecular weight excluding hydrogens is 202 g/mol. The van der Waals surface area contributed by atoms with Crippen LogP contribution in [0.25, 0.3) is 0 Å². The first kappa shape index (κ1) is 13.2. The van der Waals surface area contributed by atoms with Crippen molar-refractivity contribution in [1.29, 1.82) is 0 Å². The Labute approximate surface area is 98.2 Å².